The summed E-state index contributed by atoms with van der Waals surface area (Å²) in [5, 5.41) is 2.53. The van der Waals surface area contributed by atoms with E-state index < -0.39 is 17.9 Å². The Hall–Kier alpha value is -3.68. The molecule has 2 aromatic rings. The van der Waals surface area contributed by atoms with Crippen molar-refractivity contribution in [1.29, 1.82) is 0 Å². The molecule has 0 bridgehead atoms. The van der Waals surface area contributed by atoms with Crippen LogP contribution in [0.1, 0.15) is 18.1 Å². The van der Waals surface area contributed by atoms with E-state index in [0.29, 0.717) is 16.9 Å². The molecule has 150 valence electrons. The number of imide groups is 1. The molecule has 1 aliphatic rings. The molecule has 1 fully saturated rings. The fourth-order valence-electron chi connectivity index (χ4n) is 2.66. The number of nitrogens with zero attached hydrogens (tertiary/aromatic N) is 1. The molecule has 0 saturated carbocycles. The van der Waals surface area contributed by atoms with Crippen LogP contribution in [0.5, 0.6) is 5.75 Å². The van der Waals surface area contributed by atoms with Crippen molar-refractivity contribution in [3.8, 4) is 5.75 Å². The molecule has 1 heterocycles. The van der Waals surface area contributed by atoms with Crippen molar-refractivity contribution < 1.29 is 28.2 Å². The molecule has 29 heavy (non-hydrogen) atoms. The molecule has 2 aromatic carbocycles. The molecule has 0 unspecified atom stereocenters. The average molecular weight is 398 g/mol. The van der Waals surface area contributed by atoms with Crippen LogP contribution in [-0.4, -0.2) is 36.0 Å². The van der Waals surface area contributed by atoms with Gasteiger partial charge in [0.25, 0.3) is 5.91 Å². The summed E-state index contributed by atoms with van der Waals surface area (Å²) in [6, 6.07) is 11.7. The molecule has 1 aliphatic heterocycles. The lowest BCUT2D eigenvalue weighted by molar-refractivity contribution is -0.145. The highest BCUT2D eigenvalue weighted by Gasteiger charge is 2.33. The topological polar surface area (TPSA) is 84.9 Å². The van der Waals surface area contributed by atoms with Crippen LogP contribution in [0, 0.1) is 5.82 Å². The van der Waals surface area contributed by atoms with Gasteiger partial charge in [-0.25, -0.2) is 14.0 Å². The van der Waals surface area contributed by atoms with Crippen molar-refractivity contribution in [2.24, 2.45) is 0 Å². The van der Waals surface area contributed by atoms with Gasteiger partial charge in [0.15, 0.2) is 6.61 Å². The molecular formula is C21H19FN2O5. The SMILES string of the molecule is CCOC(=O)COc1ccc(/C=C2\NC(=O)N(Cc3ccc(F)cc3)C2=O)cc1. The maximum absolute atomic E-state index is 13.0. The normalized spacial score (nSPS) is 14.8. The van der Waals surface area contributed by atoms with Gasteiger partial charge in [-0.1, -0.05) is 24.3 Å². The van der Waals surface area contributed by atoms with E-state index in [-0.39, 0.29) is 31.3 Å². The maximum Gasteiger partial charge on any atom is 0.344 e. The lowest BCUT2D eigenvalue weighted by Gasteiger charge is -2.11. The Morgan fingerprint density at radius 2 is 1.79 bits per heavy atom. The zero-order chi connectivity index (χ0) is 20.8. The molecule has 0 aliphatic carbocycles. The van der Waals surface area contributed by atoms with Gasteiger partial charge in [0.2, 0.25) is 0 Å². The summed E-state index contributed by atoms with van der Waals surface area (Å²) in [7, 11) is 0. The van der Waals surface area contributed by atoms with Crippen molar-refractivity contribution >= 4 is 24.0 Å². The Morgan fingerprint density at radius 1 is 1.10 bits per heavy atom. The summed E-state index contributed by atoms with van der Waals surface area (Å²) < 4.78 is 23.1. The van der Waals surface area contributed by atoms with Crippen LogP contribution in [-0.2, 0) is 20.9 Å². The van der Waals surface area contributed by atoms with Gasteiger partial charge in [0, 0.05) is 0 Å². The minimum atomic E-state index is -0.542. The summed E-state index contributed by atoms with van der Waals surface area (Å²) in [4.78, 5) is 37.0. The highest BCUT2D eigenvalue weighted by atomic mass is 19.1. The van der Waals surface area contributed by atoms with Gasteiger partial charge in [0.1, 0.15) is 17.3 Å². The van der Waals surface area contributed by atoms with Crippen LogP contribution in [0.2, 0.25) is 0 Å². The third kappa shape index (κ3) is 5.19. The Morgan fingerprint density at radius 3 is 2.45 bits per heavy atom. The van der Waals surface area contributed by atoms with Crippen LogP contribution >= 0.6 is 0 Å². The van der Waals surface area contributed by atoms with Crippen molar-refractivity contribution in [2.75, 3.05) is 13.2 Å². The fraction of sp³-hybridized carbons (Fsp3) is 0.190. The van der Waals surface area contributed by atoms with E-state index in [9.17, 15) is 18.8 Å². The number of rotatable bonds is 7. The summed E-state index contributed by atoms with van der Waals surface area (Å²) in [6.45, 7) is 1.85. The molecule has 8 heteroatoms. The number of amides is 3. The predicted molar refractivity (Wildman–Crippen MR) is 102 cm³/mol. The lowest BCUT2D eigenvalue weighted by atomic mass is 10.1. The van der Waals surface area contributed by atoms with E-state index in [0.717, 1.165) is 4.90 Å². The molecule has 0 radical (unpaired) electrons. The van der Waals surface area contributed by atoms with Crippen molar-refractivity contribution in [3.05, 3.63) is 71.2 Å². The molecule has 7 nitrogen and oxygen atoms in total. The first-order valence-corrected chi connectivity index (χ1v) is 8.93. The Bertz CT molecular complexity index is 939. The number of ether oxygens (including phenoxy) is 2. The first-order valence-electron chi connectivity index (χ1n) is 8.93. The number of benzene rings is 2. The van der Waals surface area contributed by atoms with Crippen LogP contribution in [0.4, 0.5) is 9.18 Å². The summed E-state index contributed by atoms with van der Waals surface area (Å²) >= 11 is 0. The van der Waals surface area contributed by atoms with Gasteiger partial charge in [-0.3, -0.25) is 9.69 Å². The quantitative estimate of drug-likeness (QED) is 0.440. The van der Waals surface area contributed by atoms with Gasteiger partial charge >= 0.3 is 12.0 Å². The Kier molecular flexibility index (Phi) is 6.23. The third-order valence-corrected chi connectivity index (χ3v) is 4.07. The molecular weight excluding hydrogens is 379 g/mol. The second-order valence-electron chi connectivity index (χ2n) is 6.17. The summed E-state index contributed by atoms with van der Waals surface area (Å²) in [5.74, 6) is -0.845. The number of esters is 1. The number of carbonyl (C=O) groups excluding carboxylic acids is 3. The van der Waals surface area contributed by atoms with Gasteiger partial charge in [-0.2, -0.15) is 0 Å². The number of hydrogen-bond donors (Lipinski definition) is 1. The largest absolute Gasteiger partial charge is 0.482 e. The van der Waals surface area contributed by atoms with Crippen molar-refractivity contribution in [2.45, 2.75) is 13.5 Å². The zero-order valence-electron chi connectivity index (χ0n) is 15.7. The Labute approximate surface area is 166 Å². The standard InChI is InChI=1S/C21H19FN2O5/c1-2-28-19(25)13-29-17-9-5-14(6-10-17)11-18-20(26)24(21(27)23-18)12-15-3-7-16(22)8-4-15/h3-11H,2,12-13H2,1H3,(H,23,27)/b18-11-. The number of halogens is 1. The third-order valence-electron chi connectivity index (χ3n) is 4.07. The van der Waals surface area contributed by atoms with E-state index in [2.05, 4.69) is 5.32 Å². The number of hydrogen-bond acceptors (Lipinski definition) is 5. The highest BCUT2D eigenvalue weighted by molar-refractivity contribution is 6.13. The van der Waals surface area contributed by atoms with E-state index >= 15 is 0 Å². The number of urea groups is 1. The molecule has 3 rings (SSSR count). The van der Waals surface area contributed by atoms with Crippen LogP contribution in [0.25, 0.3) is 6.08 Å². The van der Waals surface area contributed by atoms with E-state index in [1.54, 1.807) is 37.3 Å². The highest BCUT2D eigenvalue weighted by Crippen LogP contribution is 2.19. The molecule has 0 aromatic heterocycles. The van der Waals surface area contributed by atoms with Crippen molar-refractivity contribution in [3.63, 3.8) is 0 Å². The van der Waals surface area contributed by atoms with Gasteiger partial charge in [-0.05, 0) is 48.4 Å². The number of nitrogens with one attached hydrogen (secondary N) is 1. The minimum absolute atomic E-state index is 0.0446. The second-order valence-corrected chi connectivity index (χ2v) is 6.17. The van der Waals surface area contributed by atoms with E-state index in [1.165, 1.54) is 24.3 Å². The van der Waals surface area contributed by atoms with Crippen LogP contribution in [0.15, 0.2) is 54.2 Å². The monoisotopic (exact) mass is 398 g/mol. The minimum Gasteiger partial charge on any atom is -0.482 e. The van der Waals surface area contributed by atoms with Gasteiger partial charge in [-0.15, -0.1) is 0 Å². The molecule has 1 N–H and O–H groups in total. The molecule has 0 atom stereocenters. The predicted octanol–water partition coefficient (Wildman–Crippen LogP) is 2.86. The zero-order valence-corrected chi connectivity index (χ0v) is 15.7. The van der Waals surface area contributed by atoms with Gasteiger partial charge < -0.3 is 14.8 Å². The summed E-state index contributed by atoms with van der Waals surface area (Å²) in [6.07, 6.45) is 1.54. The van der Waals surface area contributed by atoms with Crippen LogP contribution in [0.3, 0.4) is 0 Å². The summed E-state index contributed by atoms with van der Waals surface area (Å²) in [5.41, 5.74) is 1.44. The smallest absolute Gasteiger partial charge is 0.344 e. The lowest BCUT2D eigenvalue weighted by Crippen LogP contribution is -2.30. The van der Waals surface area contributed by atoms with E-state index in [4.69, 9.17) is 9.47 Å². The fourth-order valence-corrected chi connectivity index (χ4v) is 2.66. The Balaban J connectivity index is 1.64. The second kappa shape index (κ2) is 9.01. The van der Waals surface area contributed by atoms with E-state index in [1.807, 2.05) is 0 Å². The molecule has 0 spiro atoms. The van der Waals surface area contributed by atoms with Gasteiger partial charge in [0.05, 0.1) is 13.2 Å². The first kappa shape index (κ1) is 20.1. The van der Waals surface area contributed by atoms with Crippen LogP contribution < -0.4 is 10.1 Å². The average Bonchev–Trinajstić information content (AvgIpc) is 2.97. The first-order chi connectivity index (χ1) is 14.0. The van der Waals surface area contributed by atoms with Crippen molar-refractivity contribution in [1.82, 2.24) is 10.2 Å². The molecule has 3 amide bonds. The molecule has 1 saturated heterocycles. The number of carbonyl (C=O) groups is 3. The maximum atomic E-state index is 13.0.